The molecule has 1 N–H and O–H groups in total. The minimum atomic E-state index is -0.533. The Morgan fingerprint density at radius 2 is 1.65 bits per heavy atom. The van der Waals surface area contributed by atoms with E-state index in [4.69, 9.17) is 9.47 Å². The maximum absolute atomic E-state index is 11.9. The lowest BCUT2D eigenvalue weighted by Gasteiger charge is -2.21. The molecule has 2 rings (SSSR count). The van der Waals surface area contributed by atoms with Crippen molar-refractivity contribution >= 4 is 17.6 Å². The zero-order valence-electron chi connectivity index (χ0n) is 19.1. The number of unbranched alkanes of at least 4 members (excludes halogenated alkanes) is 5. The summed E-state index contributed by atoms with van der Waals surface area (Å²) in [5.74, 6) is -0.0165. The number of hydrogen-bond acceptors (Lipinski definition) is 5. The number of carbonyl (C=O) groups is 2. The highest BCUT2D eigenvalue weighted by atomic mass is 16.5. The summed E-state index contributed by atoms with van der Waals surface area (Å²) in [6.07, 6.45) is 18.8. The van der Waals surface area contributed by atoms with E-state index < -0.39 is 11.9 Å². The molecule has 1 aromatic rings. The molecule has 0 unspecified atom stereocenters. The first-order valence-corrected chi connectivity index (χ1v) is 12.1. The molecule has 1 aromatic carbocycles. The van der Waals surface area contributed by atoms with Gasteiger partial charge in [0.15, 0.2) is 0 Å². The van der Waals surface area contributed by atoms with Gasteiger partial charge < -0.3 is 14.8 Å². The number of ether oxygens (including phenoxy) is 2. The molecule has 1 aliphatic carbocycles. The third-order valence-electron chi connectivity index (χ3n) is 5.88. The summed E-state index contributed by atoms with van der Waals surface area (Å²) < 4.78 is 9.65. The highest BCUT2D eigenvalue weighted by Crippen LogP contribution is 2.28. The van der Waals surface area contributed by atoms with Crippen LogP contribution in [0.2, 0.25) is 0 Å². The molecule has 172 valence electrons. The highest BCUT2D eigenvalue weighted by molar-refractivity contribution is 5.90. The molecular formula is C26H39NO4. The normalized spacial score (nSPS) is 14.5. The molecule has 0 aliphatic heterocycles. The lowest BCUT2D eigenvalue weighted by atomic mass is 9.85. The van der Waals surface area contributed by atoms with Crippen LogP contribution >= 0.6 is 0 Å². The molecule has 0 spiro atoms. The number of benzene rings is 1. The quantitative estimate of drug-likeness (QED) is 0.155. The minimum absolute atomic E-state index is 0.284. The van der Waals surface area contributed by atoms with Gasteiger partial charge in [0.25, 0.3) is 0 Å². The monoisotopic (exact) mass is 429 g/mol. The van der Waals surface area contributed by atoms with Crippen molar-refractivity contribution in [1.82, 2.24) is 0 Å². The number of anilines is 1. The van der Waals surface area contributed by atoms with Crippen LogP contribution in [0.3, 0.4) is 0 Å². The van der Waals surface area contributed by atoms with Gasteiger partial charge in [0.05, 0.1) is 18.2 Å². The van der Waals surface area contributed by atoms with Crippen LogP contribution in [-0.4, -0.2) is 25.1 Å². The highest BCUT2D eigenvalue weighted by Gasteiger charge is 2.12. The molecule has 0 aromatic heterocycles. The Bertz CT molecular complexity index is 662. The van der Waals surface area contributed by atoms with Gasteiger partial charge in [-0.3, -0.25) is 0 Å². The average Bonchev–Trinajstić information content (AvgIpc) is 2.79. The zero-order chi connectivity index (χ0) is 22.2. The molecule has 0 amide bonds. The van der Waals surface area contributed by atoms with E-state index in [-0.39, 0.29) is 6.61 Å². The second-order valence-electron chi connectivity index (χ2n) is 8.38. The van der Waals surface area contributed by atoms with E-state index in [1.165, 1.54) is 70.6 Å². The summed E-state index contributed by atoms with van der Waals surface area (Å²) in [6, 6.07) is 7.18. The minimum Gasteiger partial charge on any atom is -0.463 e. The Labute approximate surface area is 187 Å². The first kappa shape index (κ1) is 25.0. The average molecular weight is 430 g/mol. The van der Waals surface area contributed by atoms with Crippen molar-refractivity contribution in [3.8, 4) is 0 Å². The Morgan fingerprint density at radius 1 is 0.968 bits per heavy atom. The molecular weight excluding hydrogens is 390 g/mol. The van der Waals surface area contributed by atoms with Gasteiger partial charge in [-0.25, -0.2) is 9.59 Å². The largest absolute Gasteiger partial charge is 0.463 e. The van der Waals surface area contributed by atoms with Crippen LogP contribution in [0.1, 0.15) is 94.3 Å². The van der Waals surface area contributed by atoms with Crippen molar-refractivity contribution in [2.75, 3.05) is 18.5 Å². The van der Waals surface area contributed by atoms with Crippen molar-refractivity contribution in [3.63, 3.8) is 0 Å². The van der Waals surface area contributed by atoms with Gasteiger partial charge in [0, 0.05) is 12.2 Å². The van der Waals surface area contributed by atoms with Crippen LogP contribution in [0.25, 0.3) is 0 Å². The van der Waals surface area contributed by atoms with Gasteiger partial charge in [0.2, 0.25) is 0 Å². The topological polar surface area (TPSA) is 64.6 Å². The molecule has 0 atom stereocenters. The maximum atomic E-state index is 11.9. The predicted molar refractivity (Wildman–Crippen MR) is 125 cm³/mol. The number of carbonyl (C=O) groups excluding carboxylic acids is 2. The third-order valence-corrected chi connectivity index (χ3v) is 5.88. The van der Waals surface area contributed by atoms with Crippen molar-refractivity contribution in [1.29, 1.82) is 0 Å². The van der Waals surface area contributed by atoms with Gasteiger partial charge in [-0.2, -0.15) is 0 Å². The van der Waals surface area contributed by atoms with Crippen molar-refractivity contribution in [2.24, 2.45) is 5.92 Å². The van der Waals surface area contributed by atoms with Crippen LogP contribution in [0, 0.1) is 5.92 Å². The van der Waals surface area contributed by atoms with Gasteiger partial charge in [-0.05, 0) is 43.5 Å². The molecule has 0 saturated heterocycles. The SMILES string of the molecule is CCOC(=O)/C=C/OC(=O)c1ccc(NCCCCCCCCC2CCCCC2)cc1. The van der Waals surface area contributed by atoms with Crippen molar-refractivity contribution in [2.45, 2.75) is 84.0 Å². The van der Waals surface area contributed by atoms with Crippen molar-refractivity contribution < 1.29 is 19.1 Å². The Morgan fingerprint density at radius 3 is 2.35 bits per heavy atom. The maximum Gasteiger partial charge on any atom is 0.342 e. The van der Waals surface area contributed by atoms with E-state index in [9.17, 15) is 9.59 Å². The van der Waals surface area contributed by atoms with E-state index in [1.807, 2.05) is 12.1 Å². The van der Waals surface area contributed by atoms with Crippen LogP contribution in [-0.2, 0) is 14.3 Å². The lowest BCUT2D eigenvalue weighted by molar-refractivity contribution is -0.137. The Balaban J connectivity index is 1.49. The summed E-state index contributed by atoms with van der Waals surface area (Å²) in [7, 11) is 0. The van der Waals surface area contributed by atoms with Crippen LogP contribution in [0.4, 0.5) is 5.69 Å². The molecule has 0 radical (unpaired) electrons. The molecule has 5 nitrogen and oxygen atoms in total. The zero-order valence-corrected chi connectivity index (χ0v) is 19.1. The fourth-order valence-electron chi connectivity index (χ4n) is 4.11. The van der Waals surface area contributed by atoms with E-state index in [0.717, 1.165) is 36.9 Å². The fraction of sp³-hybridized carbons (Fsp3) is 0.615. The van der Waals surface area contributed by atoms with Crippen LogP contribution in [0.5, 0.6) is 0 Å². The summed E-state index contributed by atoms with van der Waals surface area (Å²) in [6.45, 7) is 2.94. The van der Waals surface area contributed by atoms with Crippen molar-refractivity contribution in [3.05, 3.63) is 42.2 Å². The molecule has 5 heteroatoms. The molecule has 0 bridgehead atoms. The van der Waals surface area contributed by atoms with Gasteiger partial charge in [0.1, 0.15) is 6.26 Å². The van der Waals surface area contributed by atoms with Crippen LogP contribution in [0.15, 0.2) is 36.6 Å². The predicted octanol–water partition coefficient (Wildman–Crippen LogP) is 6.64. The van der Waals surface area contributed by atoms with Gasteiger partial charge in [-0.15, -0.1) is 0 Å². The second kappa shape index (κ2) is 15.5. The number of esters is 2. The van der Waals surface area contributed by atoms with Crippen LogP contribution < -0.4 is 5.32 Å². The molecule has 1 saturated carbocycles. The van der Waals surface area contributed by atoms with Gasteiger partial charge in [-0.1, -0.05) is 70.6 Å². The standard InChI is InChI=1S/C26H39NO4/c1-2-30-25(28)19-21-31-26(29)23-15-17-24(18-16-23)27-20-11-6-4-3-5-8-12-22-13-9-7-10-14-22/h15-19,21-22,27H,2-14,20H2,1H3/b21-19+. The Hall–Kier alpha value is -2.30. The summed E-state index contributed by atoms with van der Waals surface area (Å²) in [5, 5.41) is 3.40. The third kappa shape index (κ3) is 11.0. The number of rotatable bonds is 14. The van der Waals surface area contributed by atoms with E-state index in [2.05, 4.69) is 5.32 Å². The smallest absolute Gasteiger partial charge is 0.342 e. The first-order chi connectivity index (χ1) is 15.2. The lowest BCUT2D eigenvalue weighted by Crippen LogP contribution is -2.05. The molecule has 31 heavy (non-hydrogen) atoms. The second-order valence-corrected chi connectivity index (χ2v) is 8.38. The van der Waals surface area contributed by atoms with E-state index in [0.29, 0.717) is 5.56 Å². The summed E-state index contributed by atoms with van der Waals surface area (Å²) in [4.78, 5) is 23.1. The van der Waals surface area contributed by atoms with Gasteiger partial charge >= 0.3 is 11.9 Å². The van der Waals surface area contributed by atoms with E-state index >= 15 is 0 Å². The number of hydrogen-bond donors (Lipinski definition) is 1. The summed E-state index contributed by atoms with van der Waals surface area (Å²) in [5.41, 5.74) is 1.43. The summed E-state index contributed by atoms with van der Waals surface area (Å²) >= 11 is 0. The fourth-order valence-corrected chi connectivity index (χ4v) is 4.11. The molecule has 1 aliphatic rings. The molecule has 0 heterocycles. The van der Waals surface area contributed by atoms with E-state index in [1.54, 1.807) is 19.1 Å². The number of nitrogens with one attached hydrogen (secondary N) is 1. The first-order valence-electron chi connectivity index (χ1n) is 12.1. The molecule has 1 fully saturated rings. The Kier molecular flexibility index (Phi) is 12.5.